The molecule has 0 unspecified atom stereocenters. The van der Waals surface area contributed by atoms with Gasteiger partial charge in [0, 0.05) is 5.69 Å². The number of rotatable bonds is 5. The molecule has 1 amide bonds. The van der Waals surface area contributed by atoms with Crippen molar-refractivity contribution in [2.45, 2.75) is 25.2 Å². The molecule has 2 aliphatic rings. The number of carbonyl (C=O) groups is 2. The molecular formula is C25H21NO5. The van der Waals surface area contributed by atoms with Crippen molar-refractivity contribution in [3.63, 3.8) is 0 Å². The molecule has 2 N–H and O–H groups in total. The average molecular weight is 415 g/mol. The van der Waals surface area contributed by atoms with E-state index in [1.165, 1.54) is 0 Å². The van der Waals surface area contributed by atoms with Crippen LogP contribution in [0.25, 0.3) is 11.1 Å². The van der Waals surface area contributed by atoms with Crippen LogP contribution in [-0.4, -0.2) is 23.8 Å². The molecule has 0 radical (unpaired) electrons. The molecule has 1 saturated carbocycles. The summed E-state index contributed by atoms with van der Waals surface area (Å²) in [6, 6.07) is 18.2. The van der Waals surface area contributed by atoms with Gasteiger partial charge in [-0.1, -0.05) is 24.3 Å². The first-order valence-electron chi connectivity index (χ1n) is 10.1. The Labute approximate surface area is 179 Å². The van der Waals surface area contributed by atoms with Crippen LogP contribution in [0.1, 0.15) is 34.3 Å². The van der Waals surface area contributed by atoms with Crippen molar-refractivity contribution in [2.24, 2.45) is 0 Å². The highest BCUT2D eigenvalue weighted by Gasteiger charge is 2.51. The van der Waals surface area contributed by atoms with E-state index < -0.39 is 11.4 Å². The number of amides is 1. The number of carbonyl (C=O) groups excluding carboxylic acids is 1. The van der Waals surface area contributed by atoms with Crippen LogP contribution >= 0.6 is 0 Å². The molecule has 1 fully saturated rings. The van der Waals surface area contributed by atoms with Crippen LogP contribution in [-0.2, 0) is 10.2 Å². The number of anilines is 1. The second kappa shape index (κ2) is 7.16. The van der Waals surface area contributed by atoms with Gasteiger partial charge in [-0.05, 0) is 78.4 Å². The Morgan fingerprint density at radius 2 is 1.77 bits per heavy atom. The first kappa shape index (κ1) is 19.2. The number of carboxylic acid groups (broad SMARTS) is 1. The molecule has 31 heavy (non-hydrogen) atoms. The molecule has 0 spiro atoms. The molecule has 6 heteroatoms. The minimum Gasteiger partial charge on any atom is -0.478 e. The Bertz CT molecular complexity index is 1210. The molecule has 3 aromatic rings. The SMILES string of the molecule is Cc1ccc(NC(=O)C2(c3ccc4c(c3)OCO4)CC2)cc1-c1cccc(C(=O)O)c1. The first-order valence-corrected chi connectivity index (χ1v) is 10.1. The maximum Gasteiger partial charge on any atom is 0.335 e. The van der Waals surface area contributed by atoms with Gasteiger partial charge in [0.15, 0.2) is 11.5 Å². The largest absolute Gasteiger partial charge is 0.478 e. The van der Waals surface area contributed by atoms with Crippen LogP contribution in [0, 0.1) is 6.92 Å². The highest BCUT2D eigenvalue weighted by atomic mass is 16.7. The van der Waals surface area contributed by atoms with E-state index >= 15 is 0 Å². The summed E-state index contributed by atoms with van der Waals surface area (Å²) in [5, 5.41) is 12.3. The van der Waals surface area contributed by atoms with Gasteiger partial charge in [0.05, 0.1) is 11.0 Å². The van der Waals surface area contributed by atoms with E-state index in [-0.39, 0.29) is 18.3 Å². The molecule has 156 valence electrons. The monoisotopic (exact) mass is 415 g/mol. The zero-order valence-corrected chi connectivity index (χ0v) is 17.0. The molecule has 5 rings (SSSR count). The maximum atomic E-state index is 13.2. The lowest BCUT2D eigenvalue weighted by molar-refractivity contribution is -0.118. The Balaban J connectivity index is 1.42. The fourth-order valence-electron chi connectivity index (χ4n) is 4.05. The van der Waals surface area contributed by atoms with Crippen molar-refractivity contribution in [3.8, 4) is 22.6 Å². The normalized spacial score (nSPS) is 15.4. The summed E-state index contributed by atoms with van der Waals surface area (Å²) in [5.74, 6) is 0.350. The zero-order chi connectivity index (χ0) is 21.6. The number of hydrogen-bond acceptors (Lipinski definition) is 4. The summed E-state index contributed by atoms with van der Waals surface area (Å²) in [5.41, 5.74) is 3.95. The molecule has 1 aliphatic heterocycles. The number of ether oxygens (including phenoxy) is 2. The molecule has 0 aromatic heterocycles. The van der Waals surface area contributed by atoms with Gasteiger partial charge in [-0.25, -0.2) is 4.79 Å². The van der Waals surface area contributed by atoms with E-state index in [1.54, 1.807) is 18.2 Å². The van der Waals surface area contributed by atoms with E-state index in [0.717, 1.165) is 35.1 Å². The van der Waals surface area contributed by atoms with Crippen LogP contribution in [0.4, 0.5) is 5.69 Å². The molecule has 6 nitrogen and oxygen atoms in total. The van der Waals surface area contributed by atoms with Crippen LogP contribution in [0.2, 0.25) is 0 Å². The van der Waals surface area contributed by atoms with Gasteiger partial charge in [0.1, 0.15) is 0 Å². The number of benzene rings is 3. The molecular weight excluding hydrogens is 394 g/mol. The number of aromatic carboxylic acids is 1. The van der Waals surface area contributed by atoms with Gasteiger partial charge in [-0.2, -0.15) is 0 Å². The van der Waals surface area contributed by atoms with Crippen LogP contribution in [0.5, 0.6) is 11.5 Å². The fraction of sp³-hybridized carbons (Fsp3) is 0.200. The van der Waals surface area contributed by atoms with Crippen LogP contribution < -0.4 is 14.8 Å². The number of carboxylic acids is 1. The summed E-state index contributed by atoms with van der Waals surface area (Å²) in [6.45, 7) is 2.16. The standard InChI is InChI=1S/C25H21NO5/c1-15-5-7-19(13-20(15)16-3-2-4-17(11-16)23(27)28)26-24(29)25(9-10-25)18-6-8-21-22(12-18)31-14-30-21/h2-8,11-13H,9-10,14H2,1H3,(H,26,29)(H,27,28). The predicted molar refractivity (Wildman–Crippen MR) is 116 cm³/mol. The zero-order valence-electron chi connectivity index (χ0n) is 17.0. The van der Waals surface area contributed by atoms with Crippen LogP contribution in [0.15, 0.2) is 60.7 Å². The quantitative estimate of drug-likeness (QED) is 0.628. The Hall–Kier alpha value is -3.80. The van der Waals surface area contributed by atoms with Gasteiger partial charge in [0.2, 0.25) is 12.7 Å². The third kappa shape index (κ3) is 3.40. The smallest absolute Gasteiger partial charge is 0.335 e. The average Bonchev–Trinajstić information content (AvgIpc) is 3.46. The predicted octanol–water partition coefficient (Wildman–Crippen LogP) is 4.76. The van der Waals surface area contributed by atoms with Gasteiger partial charge in [0.25, 0.3) is 0 Å². The summed E-state index contributed by atoms with van der Waals surface area (Å²) in [4.78, 5) is 24.5. The second-order valence-corrected chi connectivity index (χ2v) is 8.02. The van der Waals surface area contributed by atoms with Crippen molar-refractivity contribution < 1.29 is 24.2 Å². The van der Waals surface area contributed by atoms with E-state index in [0.29, 0.717) is 17.2 Å². The third-order valence-electron chi connectivity index (χ3n) is 6.03. The third-order valence-corrected chi connectivity index (χ3v) is 6.03. The van der Waals surface area contributed by atoms with Crippen molar-refractivity contribution in [1.82, 2.24) is 0 Å². The van der Waals surface area contributed by atoms with Gasteiger partial charge >= 0.3 is 5.97 Å². The highest BCUT2D eigenvalue weighted by molar-refractivity contribution is 6.02. The number of nitrogens with one attached hydrogen (secondary N) is 1. The molecule has 0 atom stereocenters. The van der Waals surface area contributed by atoms with Crippen molar-refractivity contribution >= 4 is 17.6 Å². The Kier molecular flexibility index (Phi) is 4.43. The maximum absolute atomic E-state index is 13.2. The molecule has 1 aliphatic carbocycles. The molecule has 1 heterocycles. The first-order chi connectivity index (χ1) is 15.0. The minimum atomic E-state index is -0.969. The summed E-state index contributed by atoms with van der Waals surface area (Å²) >= 11 is 0. The van der Waals surface area contributed by atoms with E-state index in [1.807, 2.05) is 49.4 Å². The lowest BCUT2D eigenvalue weighted by atomic mass is 9.94. The van der Waals surface area contributed by atoms with E-state index in [9.17, 15) is 14.7 Å². The van der Waals surface area contributed by atoms with Crippen molar-refractivity contribution in [2.75, 3.05) is 12.1 Å². The highest BCUT2D eigenvalue weighted by Crippen LogP contribution is 2.51. The summed E-state index contributed by atoms with van der Waals surface area (Å²) in [7, 11) is 0. The molecule has 0 saturated heterocycles. The van der Waals surface area contributed by atoms with Gasteiger partial charge in [-0.3, -0.25) is 4.79 Å². The van der Waals surface area contributed by atoms with Crippen LogP contribution in [0.3, 0.4) is 0 Å². The topological polar surface area (TPSA) is 84.9 Å². The summed E-state index contributed by atoms with van der Waals surface area (Å²) < 4.78 is 10.8. The number of hydrogen-bond donors (Lipinski definition) is 2. The van der Waals surface area contributed by atoms with Gasteiger partial charge in [-0.15, -0.1) is 0 Å². The van der Waals surface area contributed by atoms with Gasteiger partial charge < -0.3 is 19.9 Å². The molecule has 3 aromatic carbocycles. The molecule has 0 bridgehead atoms. The Morgan fingerprint density at radius 1 is 0.968 bits per heavy atom. The second-order valence-electron chi connectivity index (χ2n) is 8.02. The van der Waals surface area contributed by atoms with E-state index in [4.69, 9.17) is 9.47 Å². The number of aryl methyl sites for hydroxylation is 1. The number of fused-ring (bicyclic) bond motifs is 1. The lowest BCUT2D eigenvalue weighted by Gasteiger charge is -2.17. The minimum absolute atomic E-state index is 0.0551. The van der Waals surface area contributed by atoms with Crippen molar-refractivity contribution in [1.29, 1.82) is 0 Å². The fourth-order valence-corrected chi connectivity index (χ4v) is 4.05. The summed E-state index contributed by atoms with van der Waals surface area (Å²) in [6.07, 6.45) is 1.55. The lowest BCUT2D eigenvalue weighted by Crippen LogP contribution is -2.27. The Morgan fingerprint density at radius 3 is 2.55 bits per heavy atom. The van der Waals surface area contributed by atoms with Crippen molar-refractivity contribution in [3.05, 3.63) is 77.4 Å². The van der Waals surface area contributed by atoms with E-state index in [2.05, 4.69) is 5.32 Å².